The standard InChI is InChI=1S/C49H72N2O6/c1-7-8-9-16-43(54)41(15-10-12-32(2)39-18-17-33(3)47(56)51-35(5)27-36-13-11-14-37(28-36)29-39)42-21-23-49(46(42)55)45-38(22-26-52)19-20-40(44(45)34(4)31-53)30-48(49,57)24-25-50-6/h10-15,17,19-20,28,31,35,38-40,42-43,45-47,50-52,54-57H,2,7-9,16,18,21-27,29-30H2,1,3-6H3. The fourth-order valence-electron chi connectivity index (χ4n) is 11.0. The van der Waals surface area contributed by atoms with E-state index >= 15 is 0 Å². The second-order valence-electron chi connectivity index (χ2n) is 17.8. The Bertz CT molecular complexity index is 1690. The normalized spacial score (nSPS) is 34.8. The Morgan fingerprint density at radius 2 is 1.91 bits per heavy atom. The van der Waals surface area contributed by atoms with Crippen molar-refractivity contribution in [2.75, 3.05) is 20.2 Å². The van der Waals surface area contributed by atoms with Crippen LogP contribution in [0.15, 0.2) is 95.2 Å². The third-order valence-corrected chi connectivity index (χ3v) is 14.0. The van der Waals surface area contributed by atoms with Crippen LogP contribution >= 0.6 is 0 Å². The first-order valence-corrected chi connectivity index (χ1v) is 21.8. The van der Waals surface area contributed by atoms with Crippen LogP contribution in [0.2, 0.25) is 0 Å². The Morgan fingerprint density at radius 1 is 1.16 bits per heavy atom. The predicted octanol–water partition coefficient (Wildman–Crippen LogP) is 6.83. The van der Waals surface area contributed by atoms with Crippen molar-refractivity contribution in [2.24, 2.45) is 35.0 Å². The number of hydrogen-bond donors (Lipinski definition) is 7. The molecule has 8 nitrogen and oxygen atoms in total. The molecule has 8 heteroatoms. The van der Waals surface area contributed by atoms with Gasteiger partial charge in [0.15, 0.2) is 0 Å². The molecule has 1 aromatic carbocycles. The SMILES string of the molecule is C=C(C=CC=C(C(O)CCCCC)C1CCC2(C1O)C1C(=C(C)C=O)C(C=CC1CCO)CC2(O)CCNC)C1CC=C(C)C(O)NC(C)Cc2cccc(c2)C1. The molecule has 57 heavy (non-hydrogen) atoms. The van der Waals surface area contributed by atoms with Crippen molar-refractivity contribution in [3.8, 4) is 0 Å². The van der Waals surface area contributed by atoms with Gasteiger partial charge in [0.25, 0.3) is 0 Å². The van der Waals surface area contributed by atoms with Crippen molar-refractivity contribution in [1.82, 2.24) is 10.6 Å². The minimum Gasteiger partial charge on any atom is -0.396 e. The first-order chi connectivity index (χ1) is 27.3. The molecule has 0 saturated heterocycles. The summed E-state index contributed by atoms with van der Waals surface area (Å²) >= 11 is 0. The molecule has 2 fully saturated rings. The second-order valence-corrected chi connectivity index (χ2v) is 17.8. The number of hydrogen-bond acceptors (Lipinski definition) is 8. The zero-order valence-electron chi connectivity index (χ0n) is 35.3. The molecule has 1 heterocycles. The molecule has 11 unspecified atom stereocenters. The molecule has 314 valence electrons. The van der Waals surface area contributed by atoms with Crippen LogP contribution < -0.4 is 10.6 Å². The summed E-state index contributed by atoms with van der Waals surface area (Å²) in [5.74, 6) is -0.948. The molecule has 1 aromatic rings. The van der Waals surface area contributed by atoms with E-state index in [1.165, 1.54) is 11.1 Å². The van der Waals surface area contributed by atoms with Crippen LogP contribution in [0.25, 0.3) is 0 Å². The predicted molar refractivity (Wildman–Crippen MR) is 230 cm³/mol. The Labute approximate surface area is 342 Å². The first kappa shape index (κ1) is 45.1. The Hall–Kier alpha value is -2.95. The van der Waals surface area contributed by atoms with Crippen LogP contribution in [0.3, 0.4) is 0 Å². The minimum atomic E-state index is -1.25. The fraction of sp³-hybridized carbons (Fsp3) is 0.612. The number of allylic oxidation sites excluding steroid dienone is 9. The third kappa shape index (κ3) is 9.92. The molecule has 1 spiro atoms. The molecule has 4 bridgehead atoms. The summed E-state index contributed by atoms with van der Waals surface area (Å²) < 4.78 is 0. The highest BCUT2D eigenvalue weighted by Gasteiger charge is 2.68. The first-order valence-electron chi connectivity index (χ1n) is 21.8. The van der Waals surface area contributed by atoms with Crippen LogP contribution in [-0.4, -0.2) is 82.1 Å². The van der Waals surface area contributed by atoms with Crippen LogP contribution in [0.5, 0.6) is 0 Å². The highest BCUT2D eigenvalue weighted by molar-refractivity contribution is 5.74. The van der Waals surface area contributed by atoms with Crippen LogP contribution in [-0.2, 0) is 17.6 Å². The average Bonchev–Trinajstić information content (AvgIpc) is 3.53. The van der Waals surface area contributed by atoms with Crippen molar-refractivity contribution < 1.29 is 30.3 Å². The maximum Gasteiger partial charge on any atom is 0.145 e. The number of carbonyl (C=O) groups is 1. The van der Waals surface area contributed by atoms with E-state index in [4.69, 9.17) is 0 Å². The van der Waals surface area contributed by atoms with Crippen LogP contribution in [0, 0.1) is 35.0 Å². The smallest absolute Gasteiger partial charge is 0.145 e. The highest BCUT2D eigenvalue weighted by atomic mass is 16.3. The van der Waals surface area contributed by atoms with Gasteiger partial charge in [0.1, 0.15) is 12.5 Å². The molecular weight excluding hydrogens is 713 g/mol. The van der Waals surface area contributed by atoms with Gasteiger partial charge in [0, 0.05) is 29.9 Å². The van der Waals surface area contributed by atoms with E-state index in [9.17, 15) is 30.3 Å². The average molecular weight is 785 g/mol. The van der Waals surface area contributed by atoms with Crippen LogP contribution in [0.1, 0.15) is 103 Å². The lowest BCUT2D eigenvalue weighted by Crippen LogP contribution is -2.65. The van der Waals surface area contributed by atoms with Gasteiger partial charge in [-0.3, -0.25) is 10.1 Å². The van der Waals surface area contributed by atoms with Crippen molar-refractivity contribution >= 4 is 6.29 Å². The van der Waals surface area contributed by atoms with Gasteiger partial charge in [-0.1, -0.05) is 105 Å². The Kier molecular flexibility index (Phi) is 16.1. The summed E-state index contributed by atoms with van der Waals surface area (Å²) in [4.78, 5) is 12.4. The molecule has 0 amide bonds. The van der Waals surface area contributed by atoms with E-state index in [0.717, 1.165) is 60.7 Å². The zero-order chi connectivity index (χ0) is 41.3. The van der Waals surface area contributed by atoms with Gasteiger partial charge in [0.2, 0.25) is 0 Å². The van der Waals surface area contributed by atoms with Gasteiger partial charge in [-0.25, -0.2) is 0 Å². The van der Waals surface area contributed by atoms with Gasteiger partial charge < -0.3 is 30.8 Å². The fourth-order valence-corrected chi connectivity index (χ4v) is 11.0. The number of aldehydes is 1. The lowest BCUT2D eigenvalue weighted by molar-refractivity contribution is -0.194. The highest BCUT2D eigenvalue weighted by Crippen LogP contribution is 2.67. The molecule has 2 saturated carbocycles. The van der Waals surface area contributed by atoms with Crippen molar-refractivity contribution in [1.29, 1.82) is 0 Å². The molecule has 5 rings (SSSR count). The third-order valence-electron chi connectivity index (χ3n) is 14.0. The van der Waals surface area contributed by atoms with Gasteiger partial charge in [-0.05, 0) is 138 Å². The van der Waals surface area contributed by atoms with Gasteiger partial charge in [-0.2, -0.15) is 0 Å². The molecule has 0 radical (unpaired) electrons. The maximum absolute atomic E-state index is 13.0. The number of aliphatic hydroxyl groups excluding tert-OH is 4. The number of aliphatic hydroxyl groups is 5. The van der Waals surface area contributed by atoms with Crippen molar-refractivity contribution in [3.05, 3.63) is 106 Å². The van der Waals surface area contributed by atoms with Crippen LogP contribution in [0.4, 0.5) is 0 Å². The number of fused-ring (bicyclic) bond motifs is 5. The molecular formula is C49H72N2O6. The number of unbranched alkanes of at least 4 members (excludes halogenated alkanes) is 2. The number of carbonyl (C=O) groups excluding carboxylic acids is 1. The molecule has 11 atom stereocenters. The van der Waals surface area contributed by atoms with Crippen molar-refractivity contribution in [3.63, 3.8) is 0 Å². The summed E-state index contributed by atoms with van der Waals surface area (Å²) in [6, 6.07) is 8.78. The molecule has 0 aromatic heterocycles. The van der Waals surface area contributed by atoms with Gasteiger partial charge >= 0.3 is 0 Å². The quantitative estimate of drug-likeness (QED) is 0.0338. The van der Waals surface area contributed by atoms with E-state index in [0.29, 0.717) is 57.1 Å². The van der Waals surface area contributed by atoms with Crippen molar-refractivity contribution in [2.45, 2.75) is 135 Å². The molecule has 7 N–H and O–H groups in total. The van der Waals surface area contributed by atoms with Gasteiger partial charge in [-0.15, -0.1) is 0 Å². The summed E-state index contributed by atoms with van der Waals surface area (Å²) in [6.45, 7) is 13.1. The minimum absolute atomic E-state index is 0.0391. The lowest BCUT2D eigenvalue weighted by Gasteiger charge is -2.61. The van der Waals surface area contributed by atoms with E-state index in [1.807, 2.05) is 39.1 Å². The van der Waals surface area contributed by atoms with E-state index in [-0.39, 0.29) is 36.3 Å². The van der Waals surface area contributed by atoms with E-state index < -0.39 is 35.4 Å². The summed E-state index contributed by atoms with van der Waals surface area (Å²) in [6.07, 6.45) is 18.9. The largest absolute Gasteiger partial charge is 0.396 e. The maximum atomic E-state index is 13.0. The van der Waals surface area contributed by atoms with Gasteiger partial charge in [0.05, 0.1) is 17.8 Å². The van der Waals surface area contributed by atoms with E-state index in [1.54, 1.807) is 0 Å². The monoisotopic (exact) mass is 785 g/mol. The number of nitrogens with one attached hydrogen (secondary N) is 2. The Balaban J connectivity index is 1.53. The number of benzene rings is 1. The molecule has 4 aliphatic rings. The second kappa shape index (κ2) is 20.3. The lowest BCUT2D eigenvalue weighted by atomic mass is 9.45. The topological polar surface area (TPSA) is 142 Å². The molecule has 3 aliphatic carbocycles. The zero-order valence-corrected chi connectivity index (χ0v) is 35.3. The van der Waals surface area contributed by atoms with E-state index in [2.05, 4.69) is 73.6 Å². The summed E-state index contributed by atoms with van der Waals surface area (Å²) in [5, 5.41) is 65.5. The summed E-state index contributed by atoms with van der Waals surface area (Å²) in [7, 11) is 1.87. The molecule has 1 aliphatic heterocycles. The number of rotatable bonds is 15. The summed E-state index contributed by atoms with van der Waals surface area (Å²) in [5.41, 5.74) is 4.44. The Morgan fingerprint density at radius 3 is 2.61 bits per heavy atom.